The maximum Gasteiger partial charge on any atom is 0.180 e. The fourth-order valence-corrected chi connectivity index (χ4v) is 2.09. The highest BCUT2D eigenvalue weighted by molar-refractivity contribution is 6.08. The number of para-hydroxylation sites is 1. The molecule has 0 aliphatic carbocycles. The molecule has 0 amide bonds. The first-order valence-electron chi connectivity index (χ1n) is 5.56. The van der Waals surface area contributed by atoms with Gasteiger partial charge in [-0.3, -0.25) is 9.59 Å². The van der Waals surface area contributed by atoms with Gasteiger partial charge in [0.15, 0.2) is 11.6 Å². The molecule has 2 N–H and O–H groups in total. The molecule has 0 aliphatic heterocycles. The third-order valence-corrected chi connectivity index (χ3v) is 2.86. The molecule has 1 heterocycles. The molecule has 0 bridgehead atoms. The first kappa shape index (κ1) is 12.8. The Morgan fingerprint density at radius 1 is 1.16 bits per heavy atom. The van der Waals surface area contributed by atoms with Crippen molar-refractivity contribution in [1.29, 1.82) is 0 Å². The number of nitrogens with zero attached hydrogens (tertiary/aromatic N) is 2. The molecule has 6 heteroatoms. The number of rotatable bonds is 2. The normalized spacial score (nSPS) is 11.8. The van der Waals surface area contributed by atoms with Crippen LogP contribution in [-0.4, -0.2) is 26.7 Å². The minimum atomic E-state index is -0.497. The standard InChI is InChI=1S/C13H12N2O4/c1-7(16)11-12(14-18)9-5-3-4-6-10(9)15(19)13(11)8(2)17/h3-6,18-19H,1-2H3/b14-12+. The molecule has 2 aromatic rings. The molecule has 6 nitrogen and oxygen atoms in total. The molecule has 0 aliphatic rings. The fourth-order valence-electron chi connectivity index (χ4n) is 2.09. The van der Waals surface area contributed by atoms with Crippen molar-refractivity contribution in [2.75, 3.05) is 0 Å². The van der Waals surface area contributed by atoms with Crippen LogP contribution >= 0.6 is 0 Å². The van der Waals surface area contributed by atoms with Gasteiger partial charge in [-0.15, -0.1) is 0 Å². The van der Waals surface area contributed by atoms with Crippen LogP contribution in [0.15, 0.2) is 29.4 Å². The Labute approximate surface area is 108 Å². The minimum absolute atomic E-state index is 0.0152. The molecule has 0 radical (unpaired) electrons. The third kappa shape index (κ3) is 1.87. The summed E-state index contributed by atoms with van der Waals surface area (Å²) in [6, 6.07) is 6.48. The van der Waals surface area contributed by atoms with E-state index in [0.717, 1.165) is 0 Å². The zero-order valence-electron chi connectivity index (χ0n) is 10.4. The number of benzene rings is 1. The average molecular weight is 260 g/mol. The largest absolute Gasteiger partial charge is 0.428 e. The van der Waals surface area contributed by atoms with Gasteiger partial charge in [-0.05, 0) is 13.0 Å². The van der Waals surface area contributed by atoms with Crippen molar-refractivity contribution < 1.29 is 20.0 Å². The maximum atomic E-state index is 11.7. The van der Waals surface area contributed by atoms with Crippen molar-refractivity contribution in [2.45, 2.75) is 13.8 Å². The first-order valence-corrected chi connectivity index (χ1v) is 5.56. The predicted molar refractivity (Wildman–Crippen MR) is 66.5 cm³/mol. The van der Waals surface area contributed by atoms with Crippen molar-refractivity contribution in [2.24, 2.45) is 5.16 Å². The molecule has 19 heavy (non-hydrogen) atoms. The van der Waals surface area contributed by atoms with Crippen LogP contribution in [0.5, 0.6) is 0 Å². The van der Waals surface area contributed by atoms with Crippen molar-refractivity contribution in [3.63, 3.8) is 0 Å². The number of aromatic nitrogens is 1. The van der Waals surface area contributed by atoms with Gasteiger partial charge in [0, 0.05) is 12.3 Å². The topological polar surface area (TPSA) is 91.9 Å². The summed E-state index contributed by atoms with van der Waals surface area (Å²) >= 11 is 0. The predicted octanol–water partition coefficient (Wildman–Crippen LogP) is 1.57. The molecule has 0 atom stereocenters. The van der Waals surface area contributed by atoms with E-state index in [0.29, 0.717) is 10.1 Å². The third-order valence-electron chi connectivity index (χ3n) is 2.86. The van der Waals surface area contributed by atoms with Crippen molar-refractivity contribution in [3.05, 3.63) is 40.9 Å². The van der Waals surface area contributed by atoms with Gasteiger partial charge in [-0.2, -0.15) is 4.73 Å². The average Bonchev–Trinajstić information content (AvgIpc) is 2.37. The number of pyridine rings is 1. The van der Waals surface area contributed by atoms with E-state index in [9.17, 15) is 14.8 Å². The van der Waals surface area contributed by atoms with Gasteiger partial charge >= 0.3 is 0 Å². The van der Waals surface area contributed by atoms with Gasteiger partial charge in [0.25, 0.3) is 0 Å². The van der Waals surface area contributed by atoms with E-state index < -0.39 is 11.6 Å². The first-order chi connectivity index (χ1) is 8.99. The molecule has 0 saturated heterocycles. The number of hydrogen-bond acceptors (Lipinski definition) is 5. The maximum absolute atomic E-state index is 11.7. The van der Waals surface area contributed by atoms with Gasteiger partial charge < -0.3 is 10.4 Å². The zero-order valence-corrected chi connectivity index (χ0v) is 10.4. The summed E-state index contributed by atoms with van der Waals surface area (Å²) < 4.78 is 0.656. The molecule has 1 aromatic carbocycles. The fraction of sp³-hybridized carbons (Fsp3) is 0.154. The molecular formula is C13H12N2O4. The van der Waals surface area contributed by atoms with Crippen LogP contribution in [0, 0.1) is 0 Å². The van der Waals surface area contributed by atoms with E-state index in [2.05, 4.69) is 5.16 Å². The Kier molecular flexibility index (Phi) is 3.08. The lowest BCUT2D eigenvalue weighted by molar-refractivity contribution is 0.0936. The zero-order chi connectivity index (χ0) is 14.2. The highest BCUT2D eigenvalue weighted by Gasteiger charge is 2.21. The molecule has 0 saturated carbocycles. The number of hydrogen-bond donors (Lipinski definition) is 2. The summed E-state index contributed by atoms with van der Waals surface area (Å²) in [4.78, 5) is 23.3. The van der Waals surface area contributed by atoms with Crippen molar-refractivity contribution in [3.8, 4) is 0 Å². The number of ketones is 2. The van der Waals surface area contributed by atoms with Gasteiger partial charge in [-0.1, -0.05) is 23.4 Å². The monoisotopic (exact) mass is 260 g/mol. The quantitative estimate of drug-likeness (QED) is 0.371. The molecule has 1 aromatic heterocycles. The Hall–Kier alpha value is -2.63. The van der Waals surface area contributed by atoms with E-state index in [1.807, 2.05) is 0 Å². The number of carbonyl (C=O) groups is 2. The van der Waals surface area contributed by atoms with E-state index in [1.54, 1.807) is 24.3 Å². The summed E-state index contributed by atoms with van der Waals surface area (Å²) in [6.07, 6.45) is 0. The molecule has 98 valence electrons. The lowest BCUT2D eigenvalue weighted by Crippen LogP contribution is -2.25. The van der Waals surface area contributed by atoms with Crippen LogP contribution < -0.4 is 5.36 Å². The van der Waals surface area contributed by atoms with Gasteiger partial charge in [-0.25, -0.2) is 0 Å². The lowest BCUT2D eigenvalue weighted by atomic mass is 10.0. The SMILES string of the molecule is CC(=O)c1c(C(C)=O)n(O)c2ccccc2/c1=N\O. The molecule has 0 fully saturated rings. The second-order valence-corrected chi connectivity index (χ2v) is 4.11. The molecule has 2 rings (SSSR count). The van der Waals surface area contributed by atoms with Crippen LogP contribution in [0.2, 0.25) is 0 Å². The van der Waals surface area contributed by atoms with Crippen LogP contribution in [0.4, 0.5) is 0 Å². The van der Waals surface area contributed by atoms with E-state index in [4.69, 9.17) is 5.21 Å². The van der Waals surface area contributed by atoms with Crippen molar-refractivity contribution in [1.82, 2.24) is 4.73 Å². The van der Waals surface area contributed by atoms with Crippen molar-refractivity contribution >= 4 is 22.5 Å². The van der Waals surface area contributed by atoms with E-state index in [-0.39, 0.29) is 22.1 Å². The Bertz CT molecular complexity index is 759. The van der Waals surface area contributed by atoms with Crippen LogP contribution in [0.3, 0.4) is 0 Å². The molecule has 0 spiro atoms. The second kappa shape index (κ2) is 4.56. The van der Waals surface area contributed by atoms with E-state index >= 15 is 0 Å². The van der Waals surface area contributed by atoms with Gasteiger partial charge in [0.05, 0.1) is 11.1 Å². The summed E-state index contributed by atoms with van der Waals surface area (Å²) in [7, 11) is 0. The molecular weight excluding hydrogens is 248 g/mol. The van der Waals surface area contributed by atoms with Crippen LogP contribution in [0.1, 0.15) is 34.7 Å². The number of fused-ring (bicyclic) bond motifs is 1. The highest BCUT2D eigenvalue weighted by Crippen LogP contribution is 2.16. The van der Waals surface area contributed by atoms with Crippen LogP contribution in [0.25, 0.3) is 10.9 Å². The molecule has 0 unspecified atom stereocenters. The number of Topliss-reactive ketones (excluding diaryl/α,β-unsaturated/α-hetero) is 2. The minimum Gasteiger partial charge on any atom is -0.428 e. The number of carbonyl (C=O) groups excluding carboxylic acids is 2. The summed E-state index contributed by atoms with van der Waals surface area (Å²) in [5.74, 6) is -0.963. The van der Waals surface area contributed by atoms with Gasteiger partial charge in [0.1, 0.15) is 11.1 Å². The summed E-state index contributed by atoms with van der Waals surface area (Å²) in [5.41, 5.74) is -0.0132. The summed E-state index contributed by atoms with van der Waals surface area (Å²) in [5, 5.41) is 22.7. The van der Waals surface area contributed by atoms with Crippen LogP contribution in [-0.2, 0) is 0 Å². The van der Waals surface area contributed by atoms with E-state index in [1.165, 1.54) is 13.8 Å². The Morgan fingerprint density at radius 2 is 1.79 bits per heavy atom. The Balaban J connectivity index is 3.18. The smallest absolute Gasteiger partial charge is 0.180 e. The summed E-state index contributed by atoms with van der Waals surface area (Å²) in [6.45, 7) is 2.47. The Morgan fingerprint density at radius 3 is 2.32 bits per heavy atom. The highest BCUT2D eigenvalue weighted by atomic mass is 16.5. The second-order valence-electron chi connectivity index (χ2n) is 4.11. The van der Waals surface area contributed by atoms with Gasteiger partial charge in [0.2, 0.25) is 0 Å². The lowest BCUT2D eigenvalue weighted by Gasteiger charge is -2.12.